The largest absolute Gasteiger partial charge is 0.478 e. The molecule has 1 aromatic carbocycles. The van der Waals surface area contributed by atoms with Crippen molar-refractivity contribution in [3.63, 3.8) is 0 Å². The zero-order valence-electron chi connectivity index (χ0n) is 12.6. The van der Waals surface area contributed by atoms with Gasteiger partial charge in [-0.25, -0.2) is 4.98 Å². The molecule has 0 aliphatic carbocycles. The molecule has 4 nitrogen and oxygen atoms in total. The maximum absolute atomic E-state index is 5.91. The van der Waals surface area contributed by atoms with Crippen LogP contribution in [0.3, 0.4) is 0 Å². The molecule has 2 heterocycles. The van der Waals surface area contributed by atoms with E-state index in [0.29, 0.717) is 19.0 Å². The number of hydrogen-bond donors (Lipinski definition) is 1. The highest BCUT2D eigenvalue weighted by molar-refractivity contribution is 7.15. The van der Waals surface area contributed by atoms with Gasteiger partial charge < -0.3 is 10.1 Å². The van der Waals surface area contributed by atoms with E-state index in [1.165, 1.54) is 0 Å². The van der Waals surface area contributed by atoms with E-state index >= 15 is 0 Å². The van der Waals surface area contributed by atoms with Crippen LogP contribution < -0.4 is 10.1 Å². The molecule has 3 aromatic rings. The molecule has 0 amide bonds. The van der Waals surface area contributed by atoms with Crippen LogP contribution in [0.25, 0.3) is 10.6 Å². The SMILES string of the molecule is CCOc1cccc(NCc2cnc(-c3ccc(Cl)cc3)s2)n1. The average molecular weight is 346 g/mol. The summed E-state index contributed by atoms with van der Waals surface area (Å²) >= 11 is 7.56. The summed E-state index contributed by atoms with van der Waals surface area (Å²) in [5.41, 5.74) is 1.07. The third-order valence-corrected chi connectivity index (χ3v) is 4.40. The van der Waals surface area contributed by atoms with Crippen molar-refractivity contribution in [3.05, 3.63) is 58.6 Å². The second-order valence-corrected chi connectivity index (χ2v) is 6.34. The van der Waals surface area contributed by atoms with Crippen LogP contribution in [0.2, 0.25) is 5.02 Å². The minimum absolute atomic E-state index is 0.607. The van der Waals surface area contributed by atoms with Gasteiger partial charge in [0.05, 0.1) is 13.2 Å². The van der Waals surface area contributed by atoms with Crippen molar-refractivity contribution in [2.24, 2.45) is 0 Å². The summed E-state index contributed by atoms with van der Waals surface area (Å²) in [7, 11) is 0. The lowest BCUT2D eigenvalue weighted by molar-refractivity contribution is 0.327. The van der Waals surface area contributed by atoms with E-state index in [0.717, 1.165) is 26.3 Å². The maximum Gasteiger partial charge on any atom is 0.215 e. The Bertz CT molecular complexity index is 774. The fraction of sp³-hybridized carbons (Fsp3) is 0.176. The van der Waals surface area contributed by atoms with Gasteiger partial charge in [-0.3, -0.25) is 0 Å². The number of hydrogen-bond acceptors (Lipinski definition) is 5. The molecule has 118 valence electrons. The molecule has 0 bridgehead atoms. The van der Waals surface area contributed by atoms with E-state index in [9.17, 15) is 0 Å². The molecule has 0 unspecified atom stereocenters. The molecule has 0 atom stereocenters. The van der Waals surface area contributed by atoms with Crippen molar-refractivity contribution in [2.45, 2.75) is 13.5 Å². The zero-order valence-corrected chi connectivity index (χ0v) is 14.2. The zero-order chi connectivity index (χ0) is 16.1. The molecular weight excluding hydrogens is 330 g/mol. The molecule has 3 rings (SSSR count). The minimum atomic E-state index is 0.607. The van der Waals surface area contributed by atoms with Crippen LogP contribution >= 0.6 is 22.9 Å². The number of nitrogens with zero attached hydrogens (tertiary/aromatic N) is 2. The number of nitrogens with one attached hydrogen (secondary N) is 1. The highest BCUT2D eigenvalue weighted by Gasteiger charge is 2.05. The Kier molecular flexibility index (Phi) is 5.10. The molecule has 0 radical (unpaired) electrons. The summed E-state index contributed by atoms with van der Waals surface area (Å²) < 4.78 is 5.40. The van der Waals surface area contributed by atoms with Crippen molar-refractivity contribution < 1.29 is 4.74 Å². The lowest BCUT2D eigenvalue weighted by atomic mass is 10.2. The van der Waals surface area contributed by atoms with Crippen molar-refractivity contribution in [1.82, 2.24) is 9.97 Å². The maximum atomic E-state index is 5.91. The van der Waals surface area contributed by atoms with E-state index in [1.54, 1.807) is 11.3 Å². The van der Waals surface area contributed by atoms with Gasteiger partial charge in [0.15, 0.2) is 0 Å². The van der Waals surface area contributed by atoms with E-state index in [4.69, 9.17) is 16.3 Å². The van der Waals surface area contributed by atoms with E-state index in [-0.39, 0.29) is 0 Å². The third kappa shape index (κ3) is 4.21. The predicted octanol–water partition coefficient (Wildman–Crippen LogP) is 4.87. The molecule has 6 heteroatoms. The van der Waals surface area contributed by atoms with Crippen LogP contribution in [0.4, 0.5) is 5.82 Å². The first kappa shape index (κ1) is 15.8. The van der Waals surface area contributed by atoms with Crippen molar-refractivity contribution in [1.29, 1.82) is 0 Å². The topological polar surface area (TPSA) is 47.0 Å². The molecule has 0 spiro atoms. The van der Waals surface area contributed by atoms with Gasteiger partial charge in [-0.15, -0.1) is 11.3 Å². The Hall–Kier alpha value is -2.11. The van der Waals surface area contributed by atoms with E-state index in [1.807, 2.05) is 55.6 Å². The Morgan fingerprint density at radius 1 is 1.17 bits per heavy atom. The average Bonchev–Trinajstić information content (AvgIpc) is 3.03. The second kappa shape index (κ2) is 7.44. The lowest BCUT2D eigenvalue weighted by Crippen LogP contribution is -2.01. The standard InChI is InChI=1S/C17H16ClN3OS/c1-2-22-16-5-3-4-15(21-16)19-10-14-11-20-17(23-14)12-6-8-13(18)9-7-12/h3-9,11H,2,10H2,1H3,(H,19,21). The Morgan fingerprint density at radius 2 is 2.00 bits per heavy atom. The van der Waals surface area contributed by atoms with Crippen molar-refractivity contribution >= 4 is 28.8 Å². The first-order chi connectivity index (χ1) is 11.2. The number of aromatic nitrogens is 2. The molecular formula is C17H16ClN3OS. The van der Waals surface area contributed by atoms with Gasteiger partial charge in [-0.05, 0) is 25.1 Å². The fourth-order valence-corrected chi connectivity index (χ4v) is 3.02. The smallest absolute Gasteiger partial charge is 0.215 e. The van der Waals surface area contributed by atoms with Crippen LogP contribution in [-0.4, -0.2) is 16.6 Å². The number of halogens is 1. The monoisotopic (exact) mass is 345 g/mol. The van der Waals surface area contributed by atoms with Gasteiger partial charge in [-0.2, -0.15) is 4.98 Å². The third-order valence-electron chi connectivity index (χ3n) is 3.10. The van der Waals surface area contributed by atoms with Gasteiger partial charge in [-0.1, -0.05) is 29.8 Å². The number of rotatable bonds is 6. The van der Waals surface area contributed by atoms with Crippen LogP contribution in [0, 0.1) is 0 Å². The van der Waals surface area contributed by atoms with Crippen LogP contribution in [-0.2, 0) is 6.54 Å². The van der Waals surface area contributed by atoms with Gasteiger partial charge in [0.2, 0.25) is 5.88 Å². The normalized spacial score (nSPS) is 10.5. The summed E-state index contributed by atoms with van der Waals surface area (Å²) in [6, 6.07) is 13.4. The Balaban J connectivity index is 1.65. The summed E-state index contributed by atoms with van der Waals surface area (Å²) in [4.78, 5) is 9.99. The van der Waals surface area contributed by atoms with Crippen LogP contribution in [0.5, 0.6) is 5.88 Å². The van der Waals surface area contributed by atoms with Gasteiger partial charge in [0.1, 0.15) is 10.8 Å². The Labute approximate surface area is 144 Å². The quantitative estimate of drug-likeness (QED) is 0.692. The van der Waals surface area contributed by atoms with Crippen molar-refractivity contribution in [2.75, 3.05) is 11.9 Å². The summed E-state index contributed by atoms with van der Waals surface area (Å²) in [6.07, 6.45) is 1.88. The molecule has 0 saturated heterocycles. The molecule has 23 heavy (non-hydrogen) atoms. The van der Waals surface area contributed by atoms with Gasteiger partial charge in [0.25, 0.3) is 0 Å². The number of benzene rings is 1. The van der Waals surface area contributed by atoms with Crippen molar-refractivity contribution in [3.8, 4) is 16.5 Å². The first-order valence-corrected chi connectivity index (χ1v) is 8.48. The molecule has 0 fully saturated rings. The highest BCUT2D eigenvalue weighted by Crippen LogP contribution is 2.26. The molecule has 0 aliphatic heterocycles. The van der Waals surface area contributed by atoms with E-state index in [2.05, 4.69) is 15.3 Å². The lowest BCUT2D eigenvalue weighted by Gasteiger charge is -2.06. The molecule has 2 aromatic heterocycles. The molecule has 1 N–H and O–H groups in total. The molecule has 0 aliphatic rings. The summed E-state index contributed by atoms with van der Waals surface area (Å²) in [5, 5.41) is 5.00. The Morgan fingerprint density at radius 3 is 2.78 bits per heavy atom. The number of anilines is 1. The predicted molar refractivity (Wildman–Crippen MR) is 95.3 cm³/mol. The first-order valence-electron chi connectivity index (χ1n) is 7.29. The number of pyridine rings is 1. The van der Waals surface area contributed by atoms with Crippen LogP contribution in [0.1, 0.15) is 11.8 Å². The highest BCUT2D eigenvalue weighted by atomic mass is 35.5. The second-order valence-electron chi connectivity index (χ2n) is 4.79. The van der Waals surface area contributed by atoms with Crippen LogP contribution in [0.15, 0.2) is 48.7 Å². The van der Waals surface area contributed by atoms with E-state index < -0.39 is 0 Å². The summed E-state index contributed by atoms with van der Waals surface area (Å²) in [6.45, 7) is 3.22. The number of ether oxygens (including phenoxy) is 1. The van der Waals surface area contributed by atoms with Gasteiger partial charge >= 0.3 is 0 Å². The minimum Gasteiger partial charge on any atom is -0.478 e. The molecule has 0 saturated carbocycles. The van der Waals surface area contributed by atoms with Gasteiger partial charge in [0, 0.05) is 27.7 Å². The fourth-order valence-electron chi connectivity index (χ4n) is 2.03. The number of thiazole rings is 1. The summed E-state index contributed by atoms with van der Waals surface area (Å²) in [5.74, 6) is 1.42.